The van der Waals surface area contributed by atoms with E-state index in [9.17, 15) is 9.59 Å². The van der Waals surface area contributed by atoms with Gasteiger partial charge in [0.2, 0.25) is 5.91 Å². The first-order chi connectivity index (χ1) is 13.0. The lowest BCUT2D eigenvalue weighted by Crippen LogP contribution is -2.40. The molecule has 0 saturated carbocycles. The predicted molar refractivity (Wildman–Crippen MR) is 104 cm³/mol. The van der Waals surface area contributed by atoms with E-state index >= 15 is 0 Å². The Morgan fingerprint density at radius 1 is 1.22 bits per heavy atom. The van der Waals surface area contributed by atoms with Gasteiger partial charge in [-0.2, -0.15) is 5.10 Å². The predicted octanol–water partition coefficient (Wildman–Crippen LogP) is 2.40. The molecule has 0 aliphatic carbocycles. The zero-order valence-corrected chi connectivity index (χ0v) is 15.8. The third-order valence-electron chi connectivity index (χ3n) is 5.45. The topological polar surface area (TPSA) is 75.9 Å². The van der Waals surface area contributed by atoms with Gasteiger partial charge >= 0.3 is 5.69 Å². The molecule has 1 aliphatic heterocycles. The van der Waals surface area contributed by atoms with Gasteiger partial charge in [-0.15, -0.1) is 0 Å². The quantitative estimate of drug-likeness (QED) is 0.769. The molecule has 1 aliphatic rings. The summed E-state index contributed by atoms with van der Waals surface area (Å²) in [6.07, 6.45) is 2.06. The SMILES string of the molecule is Cc1cc(C)n(CCC(=O)N2CCC(n3c(=O)[nH]c4ccccc43)CC2)n1. The number of carbonyl (C=O) groups is 1. The molecule has 0 spiro atoms. The van der Waals surface area contributed by atoms with Gasteiger partial charge in [-0.1, -0.05) is 12.1 Å². The number of likely N-dealkylation sites (tertiary alicyclic amines) is 1. The number of nitrogens with zero attached hydrogens (tertiary/aromatic N) is 4. The number of imidazole rings is 1. The molecule has 0 unspecified atom stereocenters. The van der Waals surface area contributed by atoms with Crippen molar-refractivity contribution in [3.63, 3.8) is 0 Å². The van der Waals surface area contributed by atoms with Gasteiger partial charge in [0, 0.05) is 37.8 Å². The molecule has 1 saturated heterocycles. The van der Waals surface area contributed by atoms with Gasteiger partial charge in [0.05, 0.1) is 16.7 Å². The van der Waals surface area contributed by atoms with E-state index in [0.717, 1.165) is 35.3 Å². The molecule has 142 valence electrons. The number of hydrogen-bond acceptors (Lipinski definition) is 3. The summed E-state index contributed by atoms with van der Waals surface area (Å²) in [5.74, 6) is 0.160. The van der Waals surface area contributed by atoms with Crippen molar-refractivity contribution in [3.05, 3.63) is 52.2 Å². The van der Waals surface area contributed by atoms with Crippen molar-refractivity contribution in [1.82, 2.24) is 24.2 Å². The highest BCUT2D eigenvalue weighted by Gasteiger charge is 2.25. The summed E-state index contributed by atoms with van der Waals surface area (Å²) in [6.45, 7) is 5.96. The number of carbonyl (C=O) groups excluding carboxylic acids is 1. The molecule has 0 radical (unpaired) electrons. The second-order valence-electron chi connectivity index (χ2n) is 7.33. The van der Waals surface area contributed by atoms with Gasteiger partial charge in [-0.3, -0.25) is 14.0 Å². The largest absolute Gasteiger partial charge is 0.342 e. The number of fused-ring (bicyclic) bond motifs is 1. The Kier molecular flexibility index (Phi) is 4.59. The maximum Gasteiger partial charge on any atom is 0.326 e. The lowest BCUT2D eigenvalue weighted by molar-refractivity contribution is -0.132. The molecule has 2 aromatic heterocycles. The minimum Gasteiger partial charge on any atom is -0.342 e. The average Bonchev–Trinajstić information content (AvgIpc) is 3.17. The minimum absolute atomic E-state index is 0.0643. The number of aromatic amines is 1. The highest BCUT2D eigenvalue weighted by atomic mass is 16.2. The van der Waals surface area contributed by atoms with E-state index in [0.29, 0.717) is 26.1 Å². The third-order valence-corrected chi connectivity index (χ3v) is 5.45. The Hall–Kier alpha value is -2.83. The number of amides is 1. The van der Waals surface area contributed by atoms with E-state index in [1.165, 1.54) is 0 Å². The fourth-order valence-electron chi connectivity index (χ4n) is 4.07. The molecule has 0 bridgehead atoms. The maximum atomic E-state index is 12.6. The van der Waals surface area contributed by atoms with Crippen LogP contribution >= 0.6 is 0 Å². The van der Waals surface area contributed by atoms with Crippen molar-refractivity contribution in [1.29, 1.82) is 0 Å². The molecular formula is C20H25N5O2. The van der Waals surface area contributed by atoms with Crippen LogP contribution in [0.25, 0.3) is 11.0 Å². The molecule has 27 heavy (non-hydrogen) atoms. The summed E-state index contributed by atoms with van der Waals surface area (Å²) < 4.78 is 3.75. The third kappa shape index (κ3) is 3.41. The summed E-state index contributed by atoms with van der Waals surface area (Å²) >= 11 is 0. The van der Waals surface area contributed by atoms with E-state index in [1.807, 2.05) is 58.3 Å². The molecule has 7 heteroatoms. The van der Waals surface area contributed by atoms with Crippen molar-refractivity contribution in [2.45, 2.75) is 45.7 Å². The second-order valence-corrected chi connectivity index (χ2v) is 7.33. The Morgan fingerprint density at radius 3 is 2.67 bits per heavy atom. The number of benzene rings is 1. The number of hydrogen-bond donors (Lipinski definition) is 1. The van der Waals surface area contributed by atoms with Crippen LogP contribution in [0, 0.1) is 13.8 Å². The maximum absolute atomic E-state index is 12.6. The Bertz CT molecular complexity index is 1020. The van der Waals surface area contributed by atoms with Gasteiger partial charge in [0.1, 0.15) is 0 Å². The van der Waals surface area contributed by atoms with Crippen molar-refractivity contribution in [3.8, 4) is 0 Å². The molecule has 1 fully saturated rings. The minimum atomic E-state index is -0.0643. The molecule has 1 amide bonds. The molecule has 3 aromatic rings. The fraction of sp³-hybridized carbons (Fsp3) is 0.450. The van der Waals surface area contributed by atoms with Crippen LogP contribution in [0.3, 0.4) is 0 Å². The van der Waals surface area contributed by atoms with Crippen molar-refractivity contribution >= 4 is 16.9 Å². The highest BCUT2D eigenvalue weighted by molar-refractivity contribution is 5.76. The van der Waals surface area contributed by atoms with Gasteiger partial charge in [0.15, 0.2) is 0 Å². The average molecular weight is 367 g/mol. The van der Waals surface area contributed by atoms with Crippen LogP contribution < -0.4 is 5.69 Å². The van der Waals surface area contributed by atoms with Crippen molar-refractivity contribution < 1.29 is 4.79 Å². The van der Waals surface area contributed by atoms with Gasteiger partial charge < -0.3 is 9.88 Å². The van der Waals surface area contributed by atoms with Crippen LogP contribution in [0.15, 0.2) is 35.1 Å². The van der Waals surface area contributed by atoms with Gasteiger partial charge in [0.25, 0.3) is 0 Å². The van der Waals surface area contributed by atoms with E-state index in [1.54, 1.807) is 0 Å². The highest BCUT2D eigenvalue weighted by Crippen LogP contribution is 2.25. The number of rotatable bonds is 4. The standard InChI is InChI=1S/C20H25N5O2/c1-14-13-15(2)24(22-14)12-9-19(26)23-10-7-16(8-11-23)25-18-6-4-3-5-17(18)21-20(25)27/h3-6,13,16H,7-12H2,1-2H3,(H,21,27). The Balaban J connectivity index is 1.38. The van der Waals surface area contributed by atoms with Crippen LogP contribution in [0.5, 0.6) is 0 Å². The Morgan fingerprint density at radius 2 is 1.96 bits per heavy atom. The van der Waals surface area contributed by atoms with Gasteiger partial charge in [-0.05, 0) is 44.9 Å². The molecule has 7 nitrogen and oxygen atoms in total. The van der Waals surface area contributed by atoms with Crippen LogP contribution in [-0.2, 0) is 11.3 Å². The molecule has 3 heterocycles. The lowest BCUT2D eigenvalue weighted by Gasteiger charge is -2.32. The number of aromatic nitrogens is 4. The van der Waals surface area contributed by atoms with Gasteiger partial charge in [-0.25, -0.2) is 4.79 Å². The summed E-state index contributed by atoms with van der Waals surface area (Å²) in [4.78, 5) is 29.8. The van der Waals surface area contributed by atoms with E-state index in [4.69, 9.17) is 0 Å². The zero-order chi connectivity index (χ0) is 19.0. The number of H-pyrrole nitrogens is 1. The van der Waals surface area contributed by atoms with Crippen LogP contribution in [0.4, 0.5) is 0 Å². The summed E-state index contributed by atoms with van der Waals surface area (Å²) in [5.41, 5.74) is 3.80. The normalized spacial score (nSPS) is 15.6. The van der Waals surface area contributed by atoms with E-state index < -0.39 is 0 Å². The molecular weight excluding hydrogens is 342 g/mol. The summed E-state index contributed by atoms with van der Waals surface area (Å²) in [6, 6.07) is 9.92. The molecule has 1 aromatic carbocycles. The second kappa shape index (κ2) is 7.06. The first kappa shape index (κ1) is 17.6. The fourth-order valence-corrected chi connectivity index (χ4v) is 4.07. The number of nitrogens with one attached hydrogen (secondary N) is 1. The summed E-state index contributed by atoms with van der Waals surface area (Å²) in [5, 5.41) is 4.42. The van der Waals surface area contributed by atoms with E-state index in [-0.39, 0.29) is 17.6 Å². The lowest BCUT2D eigenvalue weighted by atomic mass is 10.0. The Labute approximate surface area is 157 Å². The smallest absolute Gasteiger partial charge is 0.326 e. The van der Waals surface area contributed by atoms with E-state index in [2.05, 4.69) is 10.1 Å². The van der Waals surface area contributed by atoms with Crippen LogP contribution in [0.2, 0.25) is 0 Å². The zero-order valence-electron chi connectivity index (χ0n) is 15.8. The van der Waals surface area contributed by atoms with Crippen LogP contribution in [-0.4, -0.2) is 43.2 Å². The first-order valence-electron chi connectivity index (χ1n) is 9.51. The number of aryl methyl sites for hydroxylation is 3. The van der Waals surface area contributed by atoms with Crippen molar-refractivity contribution in [2.75, 3.05) is 13.1 Å². The number of para-hydroxylation sites is 2. The molecule has 0 atom stereocenters. The number of piperidine rings is 1. The monoisotopic (exact) mass is 367 g/mol. The van der Waals surface area contributed by atoms with Crippen molar-refractivity contribution in [2.24, 2.45) is 0 Å². The van der Waals surface area contributed by atoms with Crippen LogP contribution in [0.1, 0.15) is 36.7 Å². The summed E-state index contributed by atoms with van der Waals surface area (Å²) in [7, 11) is 0. The first-order valence-corrected chi connectivity index (χ1v) is 9.51. The molecule has 1 N–H and O–H groups in total. The molecule has 4 rings (SSSR count).